The van der Waals surface area contributed by atoms with Crippen LogP contribution in [0, 0.1) is 0 Å². The molecule has 1 saturated heterocycles. The van der Waals surface area contributed by atoms with Crippen LogP contribution in [-0.2, 0) is 6.18 Å². The van der Waals surface area contributed by atoms with Gasteiger partial charge in [-0.25, -0.2) is 9.97 Å². The van der Waals surface area contributed by atoms with Crippen LogP contribution in [0.25, 0.3) is 0 Å². The van der Waals surface area contributed by atoms with Crippen molar-refractivity contribution in [1.29, 1.82) is 0 Å². The third-order valence-corrected chi connectivity index (χ3v) is 2.87. The van der Waals surface area contributed by atoms with Crippen molar-refractivity contribution in [2.75, 3.05) is 18.8 Å². The summed E-state index contributed by atoms with van der Waals surface area (Å²) in [6.45, 7) is 1.40. The molecule has 0 amide bonds. The molecule has 2 heterocycles. The zero-order chi connectivity index (χ0) is 12.5. The molecule has 1 aromatic heterocycles. The molecule has 4 nitrogen and oxygen atoms in total. The molecule has 1 aromatic rings. The monoisotopic (exact) mass is 246 g/mol. The largest absolute Gasteiger partial charge is 0.419 e. The molecule has 17 heavy (non-hydrogen) atoms. The molecule has 0 aliphatic carbocycles. The Morgan fingerprint density at radius 2 is 1.94 bits per heavy atom. The van der Waals surface area contributed by atoms with Crippen molar-refractivity contribution in [3.63, 3.8) is 0 Å². The van der Waals surface area contributed by atoms with Crippen molar-refractivity contribution in [2.24, 2.45) is 0 Å². The van der Waals surface area contributed by atoms with Crippen LogP contribution in [0.4, 0.5) is 19.1 Å². The van der Waals surface area contributed by atoms with E-state index in [1.165, 1.54) is 0 Å². The van der Waals surface area contributed by atoms with Gasteiger partial charge in [0.05, 0.1) is 11.3 Å². The molecule has 94 valence electrons. The van der Waals surface area contributed by atoms with E-state index in [0.717, 1.165) is 6.20 Å². The predicted octanol–water partition coefficient (Wildman–Crippen LogP) is 1.54. The van der Waals surface area contributed by atoms with Crippen LogP contribution in [0.3, 0.4) is 0 Å². The fourth-order valence-corrected chi connectivity index (χ4v) is 2.03. The number of piperidine rings is 1. The summed E-state index contributed by atoms with van der Waals surface area (Å²) in [5.74, 6) is -0.301. The first-order valence-corrected chi connectivity index (χ1v) is 5.39. The van der Waals surface area contributed by atoms with Gasteiger partial charge < -0.3 is 11.1 Å². The van der Waals surface area contributed by atoms with Gasteiger partial charge in [0, 0.05) is 12.1 Å². The average molecular weight is 246 g/mol. The zero-order valence-corrected chi connectivity index (χ0v) is 9.09. The van der Waals surface area contributed by atoms with Crippen LogP contribution >= 0.6 is 0 Å². The first-order valence-electron chi connectivity index (χ1n) is 5.39. The maximum Gasteiger partial charge on any atom is 0.419 e. The average Bonchev–Trinajstić information content (AvgIpc) is 2.28. The zero-order valence-electron chi connectivity index (χ0n) is 9.09. The molecule has 3 N–H and O–H groups in total. The predicted molar refractivity (Wildman–Crippen MR) is 56.3 cm³/mol. The van der Waals surface area contributed by atoms with Crippen LogP contribution in [0.5, 0.6) is 0 Å². The SMILES string of the molecule is Nc1ncc(C(F)(F)F)c(C2CCNCC2)n1. The Morgan fingerprint density at radius 1 is 1.29 bits per heavy atom. The topological polar surface area (TPSA) is 63.8 Å². The standard InChI is InChI=1S/C10H13F3N4/c11-10(12,13)7-5-16-9(14)17-8(7)6-1-3-15-4-2-6/h5-6,15H,1-4H2,(H2,14,16,17). The molecule has 2 rings (SSSR count). The fraction of sp³-hybridized carbons (Fsp3) is 0.600. The minimum Gasteiger partial charge on any atom is -0.368 e. The second kappa shape index (κ2) is 4.48. The minimum atomic E-state index is -4.42. The molecule has 1 aliphatic heterocycles. The van der Waals surface area contributed by atoms with Crippen molar-refractivity contribution in [3.05, 3.63) is 17.5 Å². The van der Waals surface area contributed by atoms with Gasteiger partial charge in [-0.2, -0.15) is 13.2 Å². The second-order valence-corrected chi connectivity index (χ2v) is 4.05. The van der Waals surface area contributed by atoms with Crippen LogP contribution < -0.4 is 11.1 Å². The summed E-state index contributed by atoms with van der Waals surface area (Å²) in [7, 11) is 0. The molecule has 1 aliphatic rings. The van der Waals surface area contributed by atoms with E-state index < -0.39 is 11.7 Å². The number of halogens is 3. The van der Waals surface area contributed by atoms with E-state index in [-0.39, 0.29) is 17.6 Å². The lowest BCUT2D eigenvalue weighted by molar-refractivity contribution is -0.139. The number of rotatable bonds is 1. The van der Waals surface area contributed by atoms with Gasteiger partial charge in [-0.05, 0) is 25.9 Å². The summed E-state index contributed by atoms with van der Waals surface area (Å²) in [5, 5.41) is 3.10. The van der Waals surface area contributed by atoms with Crippen LogP contribution in [0.1, 0.15) is 30.0 Å². The van der Waals surface area contributed by atoms with E-state index in [4.69, 9.17) is 5.73 Å². The summed E-state index contributed by atoms with van der Waals surface area (Å²) >= 11 is 0. The quantitative estimate of drug-likeness (QED) is 0.789. The first kappa shape index (κ1) is 12.1. The van der Waals surface area contributed by atoms with Crippen molar-refractivity contribution in [2.45, 2.75) is 24.9 Å². The third-order valence-electron chi connectivity index (χ3n) is 2.87. The maximum absolute atomic E-state index is 12.8. The molecule has 0 spiro atoms. The summed E-state index contributed by atoms with van der Waals surface area (Å²) in [6, 6.07) is 0. The summed E-state index contributed by atoms with van der Waals surface area (Å²) in [5.41, 5.74) is 4.64. The normalized spacial score (nSPS) is 18.3. The van der Waals surface area contributed by atoms with Gasteiger partial charge in [-0.3, -0.25) is 0 Å². The van der Waals surface area contributed by atoms with Gasteiger partial charge in [0.2, 0.25) is 5.95 Å². The number of anilines is 1. The highest BCUT2D eigenvalue weighted by molar-refractivity contribution is 5.30. The van der Waals surface area contributed by atoms with Gasteiger partial charge in [-0.15, -0.1) is 0 Å². The smallest absolute Gasteiger partial charge is 0.368 e. The molecule has 0 unspecified atom stereocenters. The van der Waals surface area contributed by atoms with Gasteiger partial charge in [0.15, 0.2) is 0 Å². The number of nitrogens with one attached hydrogen (secondary N) is 1. The number of nitrogens with two attached hydrogens (primary N) is 1. The molecule has 0 radical (unpaired) electrons. The molecule has 0 atom stereocenters. The number of nitrogens with zero attached hydrogens (tertiary/aromatic N) is 2. The highest BCUT2D eigenvalue weighted by atomic mass is 19.4. The summed E-state index contributed by atoms with van der Waals surface area (Å²) in [4.78, 5) is 7.21. The Kier molecular flexibility index (Phi) is 3.19. The van der Waals surface area contributed by atoms with E-state index in [2.05, 4.69) is 15.3 Å². The van der Waals surface area contributed by atoms with E-state index in [9.17, 15) is 13.2 Å². The van der Waals surface area contributed by atoms with Crippen molar-refractivity contribution < 1.29 is 13.2 Å². The Bertz CT molecular complexity index is 399. The number of aromatic nitrogens is 2. The summed E-state index contributed by atoms with van der Waals surface area (Å²) < 4.78 is 38.4. The highest BCUT2D eigenvalue weighted by Crippen LogP contribution is 2.36. The van der Waals surface area contributed by atoms with Gasteiger partial charge in [-0.1, -0.05) is 0 Å². The van der Waals surface area contributed by atoms with Crippen molar-refractivity contribution >= 4 is 5.95 Å². The maximum atomic E-state index is 12.8. The minimum absolute atomic E-state index is 0.0338. The Balaban J connectivity index is 2.39. The van der Waals surface area contributed by atoms with Crippen LogP contribution in [0.15, 0.2) is 6.20 Å². The number of hydrogen-bond acceptors (Lipinski definition) is 4. The molecular weight excluding hydrogens is 233 g/mol. The van der Waals surface area contributed by atoms with Gasteiger partial charge in [0.1, 0.15) is 0 Å². The Hall–Kier alpha value is -1.37. The van der Waals surface area contributed by atoms with Crippen molar-refractivity contribution in [1.82, 2.24) is 15.3 Å². The van der Waals surface area contributed by atoms with Crippen molar-refractivity contribution in [3.8, 4) is 0 Å². The second-order valence-electron chi connectivity index (χ2n) is 4.05. The number of hydrogen-bond donors (Lipinski definition) is 2. The summed E-state index contributed by atoms with van der Waals surface area (Å²) in [6.07, 6.45) is -2.37. The van der Waals surface area contributed by atoms with Crippen LogP contribution in [0.2, 0.25) is 0 Å². The molecular formula is C10H13F3N4. The lowest BCUT2D eigenvalue weighted by atomic mass is 9.91. The first-order chi connectivity index (χ1) is 7.98. The molecule has 7 heteroatoms. The van der Waals surface area contributed by atoms with E-state index in [0.29, 0.717) is 25.9 Å². The molecule has 1 fully saturated rings. The fourth-order valence-electron chi connectivity index (χ4n) is 2.03. The van der Waals surface area contributed by atoms with E-state index in [1.54, 1.807) is 0 Å². The molecule has 0 bridgehead atoms. The van der Waals surface area contributed by atoms with Gasteiger partial charge in [0.25, 0.3) is 0 Å². The lowest BCUT2D eigenvalue weighted by Gasteiger charge is -2.24. The number of nitrogen functional groups attached to an aromatic ring is 1. The van der Waals surface area contributed by atoms with E-state index in [1.807, 2.05) is 0 Å². The Labute approximate surface area is 96.4 Å². The molecule has 0 aromatic carbocycles. The van der Waals surface area contributed by atoms with Crippen LogP contribution in [-0.4, -0.2) is 23.1 Å². The third kappa shape index (κ3) is 2.66. The van der Waals surface area contributed by atoms with Gasteiger partial charge >= 0.3 is 6.18 Å². The highest BCUT2D eigenvalue weighted by Gasteiger charge is 2.37. The number of alkyl halides is 3. The van der Waals surface area contributed by atoms with E-state index >= 15 is 0 Å². The molecule has 0 saturated carbocycles. The lowest BCUT2D eigenvalue weighted by Crippen LogP contribution is -2.28. The Morgan fingerprint density at radius 3 is 2.53 bits per heavy atom.